The molecule has 3 rings (SSSR count). The van der Waals surface area contributed by atoms with E-state index in [9.17, 15) is 14.4 Å². The quantitative estimate of drug-likeness (QED) is 0.595. The Kier molecular flexibility index (Phi) is 9.77. The smallest absolute Gasteiger partial charge is 0.323 e. The molecule has 10 heteroatoms. The molecule has 37 heavy (non-hydrogen) atoms. The Bertz CT molecular complexity index is 1110. The van der Waals surface area contributed by atoms with Gasteiger partial charge in [0.05, 0.1) is 17.7 Å². The Labute approximate surface area is 223 Å². The Morgan fingerprint density at radius 3 is 2.38 bits per heavy atom. The fraction of sp³-hybridized carbons (Fsp3) is 0.444. The predicted molar refractivity (Wildman–Crippen MR) is 144 cm³/mol. The lowest BCUT2D eigenvalue weighted by molar-refractivity contribution is -0.135. The molecule has 4 amide bonds. The molecule has 200 valence electrons. The summed E-state index contributed by atoms with van der Waals surface area (Å²) in [6.45, 7) is 6.78. The maximum absolute atomic E-state index is 13.3. The van der Waals surface area contributed by atoms with Crippen molar-refractivity contribution >= 4 is 40.8 Å². The van der Waals surface area contributed by atoms with E-state index in [0.717, 1.165) is 0 Å². The molecule has 3 atom stereocenters. The van der Waals surface area contributed by atoms with E-state index >= 15 is 0 Å². The molecule has 2 N–H and O–H groups in total. The minimum absolute atomic E-state index is 0.00262. The van der Waals surface area contributed by atoms with Crippen molar-refractivity contribution in [1.29, 1.82) is 0 Å². The van der Waals surface area contributed by atoms with Gasteiger partial charge in [0.15, 0.2) is 0 Å². The SMILES string of the molecule is CCC(=O)N1C[C@H](C)[C@@H](OC)CN(C)C(=O)c2ccc(NC(=O)Nc3ccc(Cl)cc3)cc2OC[C@H]1C. The summed E-state index contributed by atoms with van der Waals surface area (Å²) in [6.07, 6.45) is 0.120. The zero-order valence-corrected chi connectivity index (χ0v) is 22.7. The summed E-state index contributed by atoms with van der Waals surface area (Å²) in [5, 5.41) is 6.07. The highest BCUT2D eigenvalue weighted by atomic mass is 35.5. The molecule has 0 radical (unpaired) electrons. The van der Waals surface area contributed by atoms with Crippen LogP contribution in [0.3, 0.4) is 0 Å². The monoisotopic (exact) mass is 530 g/mol. The van der Waals surface area contributed by atoms with Gasteiger partial charge in [-0.25, -0.2) is 4.79 Å². The van der Waals surface area contributed by atoms with Crippen LogP contribution in [-0.2, 0) is 9.53 Å². The molecule has 0 spiro atoms. The highest BCUT2D eigenvalue weighted by Crippen LogP contribution is 2.27. The van der Waals surface area contributed by atoms with Gasteiger partial charge in [0.1, 0.15) is 12.4 Å². The molecule has 0 unspecified atom stereocenters. The summed E-state index contributed by atoms with van der Waals surface area (Å²) in [5.41, 5.74) is 1.39. The standard InChI is InChI=1S/C27H35ClN4O5/c1-6-25(33)32-14-17(2)24(36-5)15-31(4)26(34)22-12-11-21(13-23(22)37-16-18(32)3)30-27(35)29-20-9-7-19(28)8-10-20/h7-13,17-18,24H,6,14-16H2,1-5H3,(H2,29,30,35)/t17-,18+,24-/m0/s1. The van der Waals surface area contributed by atoms with Gasteiger partial charge >= 0.3 is 6.03 Å². The number of nitrogens with zero attached hydrogens (tertiary/aromatic N) is 2. The van der Waals surface area contributed by atoms with Gasteiger partial charge in [-0.1, -0.05) is 25.4 Å². The van der Waals surface area contributed by atoms with Crippen LogP contribution in [0, 0.1) is 5.92 Å². The lowest BCUT2D eigenvalue weighted by atomic mass is 10.0. The molecule has 2 aromatic rings. The lowest BCUT2D eigenvalue weighted by Gasteiger charge is -2.36. The molecule has 0 aromatic heterocycles. The summed E-state index contributed by atoms with van der Waals surface area (Å²) in [6, 6.07) is 10.9. The average Bonchev–Trinajstić information content (AvgIpc) is 2.88. The zero-order valence-electron chi connectivity index (χ0n) is 21.9. The number of hydrogen-bond donors (Lipinski definition) is 2. The van der Waals surface area contributed by atoms with Gasteiger partial charge < -0.3 is 29.9 Å². The van der Waals surface area contributed by atoms with Gasteiger partial charge in [-0.3, -0.25) is 9.59 Å². The molecule has 2 aromatic carbocycles. The van der Waals surface area contributed by atoms with Crippen LogP contribution in [0.25, 0.3) is 0 Å². The summed E-state index contributed by atoms with van der Waals surface area (Å²) < 4.78 is 11.8. The van der Waals surface area contributed by atoms with Crippen LogP contribution in [0.2, 0.25) is 5.02 Å². The van der Waals surface area contributed by atoms with E-state index in [1.54, 1.807) is 66.4 Å². The average molecular weight is 531 g/mol. The number of fused-ring (bicyclic) bond motifs is 1. The number of likely N-dealkylation sites (N-methyl/N-ethyl adjacent to an activating group) is 1. The van der Waals surface area contributed by atoms with Crippen molar-refractivity contribution in [2.75, 3.05) is 44.5 Å². The van der Waals surface area contributed by atoms with Gasteiger partial charge in [-0.05, 0) is 43.3 Å². The topological polar surface area (TPSA) is 100 Å². The van der Waals surface area contributed by atoms with E-state index < -0.39 is 6.03 Å². The largest absolute Gasteiger partial charge is 0.491 e. The molecule has 1 heterocycles. The number of rotatable bonds is 4. The molecule has 0 saturated heterocycles. The van der Waals surface area contributed by atoms with Crippen molar-refractivity contribution in [1.82, 2.24) is 9.80 Å². The summed E-state index contributed by atoms with van der Waals surface area (Å²) in [4.78, 5) is 42.0. The van der Waals surface area contributed by atoms with E-state index in [2.05, 4.69) is 10.6 Å². The fourth-order valence-electron chi connectivity index (χ4n) is 4.23. The second-order valence-corrected chi connectivity index (χ2v) is 9.73. The molecule has 9 nitrogen and oxygen atoms in total. The van der Waals surface area contributed by atoms with Crippen LogP contribution in [0.4, 0.5) is 16.2 Å². The first-order chi connectivity index (χ1) is 17.6. The number of amides is 4. The van der Waals surface area contributed by atoms with Crippen LogP contribution < -0.4 is 15.4 Å². The maximum atomic E-state index is 13.3. The van der Waals surface area contributed by atoms with Crippen LogP contribution in [-0.4, -0.2) is 73.6 Å². The van der Waals surface area contributed by atoms with E-state index in [-0.39, 0.29) is 36.5 Å². The highest BCUT2D eigenvalue weighted by Gasteiger charge is 2.30. The third-order valence-corrected chi connectivity index (χ3v) is 6.68. The number of nitrogens with one attached hydrogen (secondary N) is 2. The molecule has 1 aliphatic rings. The molecular formula is C27H35ClN4O5. The van der Waals surface area contributed by atoms with Gasteiger partial charge in [-0.2, -0.15) is 0 Å². The minimum atomic E-state index is -0.455. The van der Waals surface area contributed by atoms with Gasteiger partial charge in [-0.15, -0.1) is 0 Å². The lowest BCUT2D eigenvalue weighted by Crippen LogP contribution is -2.48. The number of anilines is 2. The van der Waals surface area contributed by atoms with Crippen molar-refractivity contribution < 1.29 is 23.9 Å². The van der Waals surface area contributed by atoms with Gasteiger partial charge in [0.25, 0.3) is 5.91 Å². The van der Waals surface area contributed by atoms with Crippen molar-refractivity contribution in [3.63, 3.8) is 0 Å². The summed E-state index contributed by atoms with van der Waals surface area (Å²) in [7, 11) is 3.32. The van der Waals surface area contributed by atoms with E-state index in [1.165, 1.54) is 0 Å². The number of benzene rings is 2. The third kappa shape index (κ3) is 7.36. The van der Waals surface area contributed by atoms with Crippen LogP contribution in [0.5, 0.6) is 5.75 Å². The first-order valence-electron chi connectivity index (χ1n) is 12.3. The van der Waals surface area contributed by atoms with Crippen molar-refractivity contribution in [3.8, 4) is 5.75 Å². The number of methoxy groups -OCH3 is 1. The number of carbonyl (C=O) groups excluding carboxylic acids is 3. The molecule has 0 aliphatic carbocycles. The maximum Gasteiger partial charge on any atom is 0.323 e. The van der Waals surface area contributed by atoms with E-state index in [1.807, 2.05) is 20.8 Å². The summed E-state index contributed by atoms with van der Waals surface area (Å²) >= 11 is 5.90. The minimum Gasteiger partial charge on any atom is -0.491 e. The second-order valence-electron chi connectivity index (χ2n) is 9.29. The molecule has 1 aliphatic heterocycles. The second kappa shape index (κ2) is 12.8. The van der Waals surface area contributed by atoms with E-state index in [4.69, 9.17) is 21.1 Å². The Hall–Kier alpha value is -3.30. The molecule has 0 bridgehead atoms. The molecule has 0 fully saturated rings. The van der Waals surface area contributed by atoms with Crippen molar-refractivity contribution in [2.45, 2.75) is 39.3 Å². The van der Waals surface area contributed by atoms with Gasteiger partial charge in [0, 0.05) is 62.0 Å². The summed E-state index contributed by atoms with van der Waals surface area (Å²) in [5.74, 6) is 0.118. The Morgan fingerprint density at radius 1 is 1.08 bits per heavy atom. The third-order valence-electron chi connectivity index (χ3n) is 6.43. The van der Waals surface area contributed by atoms with Gasteiger partial charge in [0.2, 0.25) is 5.91 Å². The van der Waals surface area contributed by atoms with Crippen LogP contribution >= 0.6 is 11.6 Å². The van der Waals surface area contributed by atoms with E-state index in [0.29, 0.717) is 47.2 Å². The number of carbonyl (C=O) groups is 3. The fourth-order valence-corrected chi connectivity index (χ4v) is 4.35. The number of ether oxygens (including phenoxy) is 2. The number of halogens is 1. The predicted octanol–water partition coefficient (Wildman–Crippen LogP) is 4.73. The molecule has 0 saturated carbocycles. The molecular weight excluding hydrogens is 496 g/mol. The Morgan fingerprint density at radius 2 is 1.73 bits per heavy atom. The highest BCUT2D eigenvalue weighted by molar-refractivity contribution is 6.30. The van der Waals surface area contributed by atoms with Crippen molar-refractivity contribution in [2.24, 2.45) is 5.92 Å². The number of urea groups is 1. The van der Waals surface area contributed by atoms with Crippen LogP contribution in [0.1, 0.15) is 37.6 Å². The van der Waals surface area contributed by atoms with Crippen molar-refractivity contribution in [3.05, 3.63) is 53.1 Å². The first-order valence-corrected chi connectivity index (χ1v) is 12.7. The Balaban J connectivity index is 1.88. The zero-order chi connectivity index (χ0) is 27.1. The normalized spacial score (nSPS) is 20.7. The van der Waals surface area contributed by atoms with Crippen LogP contribution in [0.15, 0.2) is 42.5 Å². The first kappa shape index (κ1) is 28.3. The number of hydrogen-bond acceptors (Lipinski definition) is 5.